The van der Waals surface area contributed by atoms with Crippen LogP contribution in [0.4, 0.5) is 13.2 Å². The van der Waals surface area contributed by atoms with Crippen LogP contribution in [-0.2, 0) is 26.2 Å². The number of hydrogen-bond donors (Lipinski definition) is 2. The number of nitrogens with zero attached hydrogens (tertiary/aromatic N) is 5. The first-order valence-corrected chi connectivity index (χ1v) is 12.6. The van der Waals surface area contributed by atoms with E-state index in [0.29, 0.717) is 38.0 Å². The van der Waals surface area contributed by atoms with E-state index in [1.807, 2.05) is 6.07 Å². The van der Waals surface area contributed by atoms with E-state index in [1.54, 1.807) is 36.8 Å². The average molecular weight is 570 g/mol. The lowest BCUT2D eigenvalue weighted by molar-refractivity contribution is -0.274. The lowest BCUT2D eigenvalue weighted by atomic mass is 10.2. The molecular formula is C27H26F3N7O4. The molecule has 0 saturated heterocycles. The molecule has 0 radical (unpaired) electrons. The largest absolute Gasteiger partial charge is 0.573 e. The fraction of sp³-hybridized carbons (Fsp3) is 0.259. The topological polar surface area (TPSA) is 133 Å². The van der Waals surface area contributed by atoms with Crippen LogP contribution in [0.2, 0.25) is 0 Å². The minimum Gasteiger partial charge on any atom is -0.406 e. The van der Waals surface area contributed by atoms with Gasteiger partial charge in [-0.1, -0.05) is 23.4 Å². The number of aromatic nitrogens is 5. The van der Waals surface area contributed by atoms with Crippen molar-refractivity contribution in [2.24, 2.45) is 0 Å². The second kappa shape index (κ2) is 13.4. The summed E-state index contributed by atoms with van der Waals surface area (Å²) in [4.78, 5) is 41.2. The Morgan fingerprint density at radius 2 is 1.68 bits per heavy atom. The van der Waals surface area contributed by atoms with Crippen molar-refractivity contribution < 1.29 is 27.5 Å². The number of nitrogens with one attached hydrogen (secondary N) is 2. The smallest absolute Gasteiger partial charge is 0.406 e. The van der Waals surface area contributed by atoms with Gasteiger partial charge in [0, 0.05) is 56.4 Å². The Morgan fingerprint density at radius 1 is 0.927 bits per heavy atom. The number of hydrogen-bond acceptors (Lipinski definition) is 7. The van der Waals surface area contributed by atoms with Gasteiger partial charge >= 0.3 is 6.36 Å². The molecule has 11 nitrogen and oxygen atoms in total. The van der Waals surface area contributed by atoms with Crippen LogP contribution in [0.25, 0.3) is 0 Å². The van der Waals surface area contributed by atoms with Gasteiger partial charge in [-0.05, 0) is 48.2 Å². The van der Waals surface area contributed by atoms with Gasteiger partial charge in [-0.25, -0.2) is 0 Å². The number of alkyl halides is 3. The zero-order chi connectivity index (χ0) is 29.2. The number of benzene rings is 1. The molecule has 0 aliphatic heterocycles. The second-order valence-corrected chi connectivity index (χ2v) is 8.94. The molecule has 0 aliphatic rings. The van der Waals surface area contributed by atoms with Gasteiger partial charge in [0.2, 0.25) is 0 Å². The molecule has 0 saturated carbocycles. The normalized spacial score (nSPS) is 11.2. The molecule has 2 amide bonds. The zero-order valence-corrected chi connectivity index (χ0v) is 21.7. The lowest BCUT2D eigenvalue weighted by Gasteiger charge is -2.10. The number of rotatable bonds is 12. The van der Waals surface area contributed by atoms with Gasteiger partial charge in [0.05, 0.1) is 6.20 Å². The maximum Gasteiger partial charge on any atom is 0.573 e. The van der Waals surface area contributed by atoms with E-state index in [2.05, 4.69) is 30.7 Å². The van der Waals surface area contributed by atoms with Crippen LogP contribution < -0.4 is 20.9 Å². The van der Waals surface area contributed by atoms with Crippen molar-refractivity contribution in [2.75, 3.05) is 0 Å². The van der Waals surface area contributed by atoms with Crippen molar-refractivity contribution >= 4 is 11.8 Å². The predicted octanol–water partition coefficient (Wildman–Crippen LogP) is 3.07. The third-order valence-corrected chi connectivity index (χ3v) is 5.83. The molecule has 14 heteroatoms. The lowest BCUT2D eigenvalue weighted by Crippen LogP contribution is -2.26. The van der Waals surface area contributed by atoms with Gasteiger partial charge in [0.1, 0.15) is 5.75 Å². The van der Waals surface area contributed by atoms with E-state index in [-0.39, 0.29) is 35.0 Å². The summed E-state index contributed by atoms with van der Waals surface area (Å²) in [6.45, 7) is 1.15. The molecule has 0 bridgehead atoms. The van der Waals surface area contributed by atoms with Gasteiger partial charge in [-0.2, -0.15) is 0 Å². The minimum atomic E-state index is -4.81. The Kier molecular flexibility index (Phi) is 9.45. The van der Waals surface area contributed by atoms with Gasteiger partial charge in [-0.3, -0.25) is 24.0 Å². The van der Waals surface area contributed by atoms with Gasteiger partial charge in [0.15, 0.2) is 5.69 Å². The number of amides is 2. The molecule has 4 rings (SSSR count). The standard InChI is InChI=1S/C27H26F3N7O4/c28-27(29,30)41-22-7-3-5-19(13-22)16-33-26(40)23-18-37(35-34-23)11-2-1-10-36-12-8-21(14-24(36)38)25(39)32-17-20-6-4-9-31-15-20/h3-9,12-15,18H,1-2,10-11,16-17H2,(H,32,39)(H,33,40). The van der Waals surface area contributed by atoms with Crippen molar-refractivity contribution in [1.29, 1.82) is 0 Å². The molecule has 0 aliphatic carbocycles. The highest BCUT2D eigenvalue weighted by Crippen LogP contribution is 2.23. The van der Waals surface area contributed by atoms with E-state index in [9.17, 15) is 27.6 Å². The maximum absolute atomic E-state index is 12.4. The number of carbonyl (C=O) groups excluding carboxylic acids is 2. The first kappa shape index (κ1) is 29.0. The third kappa shape index (κ3) is 9.02. The second-order valence-electron chi connectivity index (χ2n) is 8.94. The summed E-state index contributed by atoms with van der Waals surface area (Å²) in [7, 11) is 0. The van der Waals surface area contributed by atoms with Crippen molar-refractivity contribution in [3.63, 3.8) is 0 Å². The van der Waals surface area contributed by atoms with Crippen LogP contribution in [0.3, 0.4) is 0 Å². The van der Waals surface area contributed by atoms with E-state index < -0.39 is 12.3 Å². The molecular weight excluding hydrogens is 543 g/mol. The van der Waals surface area contributed by atoms with Gasteiger partial charge < -0.3 is 19.9 Å². The van der Waals surface area contributed by atoms with E-state index in [4.69, 9.17) is 0 Å². The highest BCUT2D eigenvalue weighted by Gasteiger charge is 2.31. The molecule has 0 spiro atoms. The molecule has 0 fully saturated rings. The monoisotopic (exact) mass is 569 g/mol. The number of unbranched alkanes of at least 4 members (excludes halogenated alkanes) is 1. The SMILES string of the molecule is O=C(NCc1cccnc1)c1ccn(CCCCn2cc(C(=O)NCc3cccc(OC(F)(F)F)c3)nn2)c(=O)c1. The Labute approximate surface area is 232 Å². The van der Waals surface area contributed by atoms with Gasteiger partial charge in [0.25, 0.3) is 17.4 Å². The quantitative estimate of drug-likeness (QED) is 0.251. The number of halogens is 3. The zero-order valence-electron chi connectivity index (χ0n) is 21.7. The van der Waals surface area contributed by atoms with Crippen LogP contribution in [-0.4, -0.2) is 42.7 Å². The maximum atomic E-state index is 12.4. The number of carbonyl (C=O) groups is 2. The number of aryl methyl sites for hydroxylation is 2. The van der Waals surface area contributed by atoms with Crippen LogP contribution in [0.5, 0.6) is 5.75 Å². The molecule has 2 N–H and O–H groups in total. The summed E-state index contributed by atoms with van der Waals surface area (Å²) in [6.07, 6.45) is 2.79. The van der Waals surface area contributed by atoms with Crippen molar-refractivity contribution in [3.05, 3.63) is 106 Å². The molecule has 0 unspecified atom stereocenters. The van der Waals surface area contributed by atoms with Crippen LogP contribution in [0, 0.1) is 0 Å². The number of ether oxygens (including phenoxy) is 1. The van der Waals surface area contributed by atoms with Gasteiger partial charge in [-0.15, -0.1) is 18.3 Å². The summed E-state index contributed by atoms with van der Waals surface area (Å²) in [6, 6.07) is 11.8. The van der Waals surface area contributed by atoms with E-state index >= 15 is 0 Å². The summed E-state index contributed by atoms with van der Waals surface area (Å²) in [5.41, 5.74) is 1.29. The molecule has 0 atom stereocenters. The summed E-state index contributed by atoms with van der Waals surface area (Å²) in [5.74, 6) is -1.27. The van der Waals surface area contributed by atoms with Crippen LogP contribution in [0.15, 0.2) is 78.1 Å². The molecule has 3 aromatic heterocycles. The summed E-state index contributed by atoms with van der Waals surface area (Å²) < 4.78 is 44.1. The highest BCUT2D eigenvalue weighted by molar-refractivity contribution is 5.94. The fourth-order valence-electron chi connectivity index (χ4n) is 3.81. The molecule has 4 aromatic rings. The predicted molar refractivity (Wildman–Crippen MR) is 140 cm³/mol. The first-order chi connectivity index (χ1) is 19.7. The van der Waals surface area contributed by atoms with Crippen molar-refractivity contribution in [1.82, 2.24) is 35.2 Å². The minimum absolute atomic E-state index is 0.0273. The van der Waals surface area contributed by atoms with Crippen molar-refractivity contribution in [3.8, 4) is 5.75 Å². The molecule has 1 aromatic carbocycles. The van der Waals surface area contributed by atoms with E-state index in [1.165, 1.54) is 39.7 Å². The Bertz CT molecular complexity index is 1540. The summed E-state index contributed by atoms with van der Waals surface area (Å²) in [5, 5.41) is 13.1. The number of pyridine rings is 2. The summed E-state index contributed by atoms with van der Waals surface area (Å²) >= 11 is 0. The first-order valence-electron chi connectivity index (χ1n) is 12.6. The fourth-order valence-corrected chi connectivity index (χ4v) is 3.81. The van der Waals surface area contributed by atoms with Crippen LogP contribution >= 0.6 is 0 Å². The van der Waals surface area contributed by atoms with Crippen molar-refractivity contribution in [2.45, 2.75) is 45.4 Å². The van der Waals surface area contributed by atoms with E-state index in [0.717, 1.165) is 5.56 Å². The van der Waals surface area contributed by atoms with Crippen LogP contribution in [0.1, 0.15) is 44.8 Å². The Hall–Kier alpha value is -5.01. The molecule has 3 heterocycles. The molecule has 214 valence electrons. The Balaban J connectivity index is 1.19. The Morgan fingerprint density at radius 3 is 2.44 bits per heavy atom. The molecule has 41 heavy (non-hydrogen) atoms. The average Bonchev–Trinajstić information content (AvgIpc) is 3.42. The highest BCUT2D eigenvalue weighted by atomic mass is 19.4. The third-order valence-electron chi connectivity index (χ3n) is 5.83.